The number of carbonyl (C=O) groups is 2. The molecule has 5 nitrogen and oxygen atoms in total. The zero-order valence-corrected chi connectivity index (χ0v) is 12.4. The van der Waals surface area contributed by atoms with E-state index >= 15 is 0 Å². The number of rotatable bonds is 4. The first-order valence-electron chi connectivity index (χ1n) is 6.85. The molecule has 1 aromatic carbocycles. The predicted molar refractivity (Wildman–Crippen MR) is 79.3 cm³/mol. The third-order valence-electron chi connectivity index (χ3n) is 3.24. The molecule has 116 valence electrons. The molecule has 0 aromatic heterocycles. The highest BCUT2D eigenvalue weighted by molar-refractivity contribution is 5.95. The van der Waals surface area contributed by atoms with Crippen LogP contribution in [0.15, 0.2) is 47.7 Å². The molecule has 0 aliphatic carbocycles. The van der Waals surface area contributed by atoms with Crippen molar-refractivity contribution < 1.29 is 18.7 Å². The maximum atomic E-state index is 13.1. The fourth-order valence-electron chi connectivity index (χ4n) is 2.17. The van der Waals surface area contributed by atoms with E-state index in [9.17, 15) is 14.0 Å². The SMILES string of the molecule is C/C=C/COC(=O)C1=C(C)NC(=O)N[C@@H]1c1ccc(F)cc1. The average Bonchev–Trinajstić information content (AvgIpc) is 2.47. The van der Waals surface area contributed by atoms with Crippen LogP contribution in [0.25, 0.3) is 0 Å². The molecule has 1 aliphatic rings. The summed E-state index contributed by atoms with van der Waals surface area (Å²) in [5.74, 6) is -0.917. The summed E-state index contributed by atoms with van der Waals surface area (Å²) in [5, 5.41) is 5.20. The van der Waals surface area contributed by atoms with Crippen molar-refractivity contribution in [3.05, 3.63) is 59.1 Å². The number of ether oxygens (including phenoxy) is 1. The number of amides is 2. The Hall–Kier alpha value is -2.63. The summed E-state index contributed by atoms with van der Waals surface area (Å²) >= 11 is 0. The molecule has 0 fully saturated rings. The van der Waals surface area contributed by atoms with Gasteiger partial charge in [0.15, 0.2) is 0 Å². The molecular formula is C16H17FN2O3. The van der Waals surface area contributed by atoms with E-state index in [1.165, 1.54) is 24.3 Å². The van der Waals surface area contributed by atoms with Gasteiger partial charge in [-0.25, -0.2) is 14.0 Å². The lowest BCUT2D eigenvalue weighted by molar-refractivity contribution is -0.138. The van der Waals surface area contributed by atoms with E-state index in [-0.39, 0.29) is 12.4 Å². The van der Waals surface area contributed by atoms with E-state index in [1.807, 2.05) is 6.92 Å². The zero-order valence-electron chi connectivity index (χ0n) is 12.4. The Bertz CT molecular complexity index is 635. The summed E-state index contributed by atoms with van der Waals surface area (Å²) in [7, 11) is 0. The van der Waals surface area contributed by atoms with Crippen LogP contribution in [0, 0.1) is 5.82 Å². The van der Waals surface area contributed by atoms with Crippen molar-refractivity contribution in [2.45, 2.75) is 19.9 Å². The Morgan fingerprint density at radius 3 is 2.68 bits per heavy atom. The lowest BCUT2D eigenvalue weighted by Crippen LogP contribution is -2.45. The first-order valence-corrected chi connectivity index (χ1v) is 6.85. The second kappa shape index (κ2) is 6.89. The quantitative estimate of drug-likeness (QED) is 0.663. The molecule has 1 heterocycles. The summed E-state index contributed by atoms with van der Waals surface area (Å²) in [6, 6.07) is 4.52. The van der Waals surface area contributed by atoms with Gasteiger partial charge in [-0.2, -0.15) is 0 Å². The standard InChI is InChI=1S/C16H17FN2O3/c1-3-4-9-22-15(20)13-10(2)18-16(21)19-14(13)11-5-7-12(17)8-6-11/h3-8,14H,9H2,1-2H3,(H2,18,19,21)/b4-3+/t14-/m1/s1. The Morgan fingerprint density at radius 1 is 1.36 bits per heavy atom. The van der Waals surface area contributed by atoms with Crippen LogP contribution in [0.1, 0.15) is 25.5 Å². The van der Waals surface area contributed by atoms with Gasteiger partial charge in [-0.05, 0) is 31.5 Å². The average molecular weight is 304 g/mol. The van der Waals surface area contributed by atoms with Gasteiger partial charge in [-0.3, -0.25) is 0 Å². The van der Waals surface area contributed by atoms with Crippen molar-refractivity contribution in [1.29, 1.82) is 0 Å². The number of benzene rings is 1. The molecule has 1 aromatic rings. The van der Waals surface area contributed by atoms with E-state index in [1.54, 1.807) is 19.1 Å². The van der Waals surface area contributed by atoms with Crippen LogP contribution in [-0.2, 0) is 9.53 Å². The Morgan fingerprint density at radius 2 is 2.05 bits per heavy atom. The lowest BCUT2D eigenvalue weighted by atomic mass is 9.95. The maximum Gasteiger partial charge on any atom is 0.338 e. The van der Waals surface area contributed by atoms with E-state index in [0.29, 0.717) is 16.8 Å². The molecule has 0 saturated heterocycles. The summed E-state index contributed by atoms with van der Waals surface area (Å²) < 4.78 is 18.2. The topological polar surface area (TPSA) is 67.4 Å². The second-order valence-electron chi connectivity index (χ2n) is 4.79. The molecule has 2 N–H and O–H groups in total. The van der Waals surface area contributed by atoms with Crippen molar-refractivity contribution in [2.75, 3.05) is 6.61 Å². The van der Waals surface area contributed by atoms with Crippen LogP contribution in [0.4, 0.5) is 9.18 Å². The number of esters is 1. The van der Waals surface area contributed by atoms with Gasteiger partial charge in [-0.15, -0.1) is 0 Å². The number of halogens is 1. The number of hydrogen-bond acceptors (Lipinski definition) is 3. The van der Waals surface area contributed by atoms with Crippen molar-refractivity contribution in [3.8, 4) is 0 Å². The van der Waals surface area contributed by atoms with Crippen molar-refractivity contribution in [3.63, 3.8) is 0 Å². The fraction of sp³-hybridized carbons (Fsp3) is 0.250. The Labute approximate surface area is 127 Å². The molecule has 0 bridgehead atoms. The van der Waals surface area contributed by atoms with Gasteiger partial charge in [0.05, 0.1) is 11.6 Å². The van der Waals surface area contributed by atoms with Gasteiger partial charge >= 0.3 is 12.0 Å². The van der Waals surface area contributed by atoms with Crippen LogP contribution in [0.2, 0.25) is 0 Å². The van der Waals surface area contributed by atoms with E-state index < -0.39 is 18.0 Å². The van der Waals surface area contributed by atoms with Crippen molar-refractivity contribution in [2.24, 2.45) is 0 Å². The molecule has 1 aliphatic heterocycles. The number of carbonyl (C=O) groups excluding carboxylic acids is 2. The smallest absolute Gasteiger partial charge is 0.338 e. The Balaban J connectivity index is 2.32. The maximum absolute atomic E-state index is 13.1. The van der Waals surface area contributed by atoms with Crippen LogP contribution >= 0.6 is 0 Å². The van der Waals surface area contributed by atoms with Gasteiger partial charge in [0, 0.05) is 5.70 Å². The molecule has 2 amide bonds. The number of nitrogens with one attached hydrogen (secondary N) is 2. The van der Waals surface area contributed by atoms with Crippen molar-refractivity contribution in [1.82, 2.24) is 10.6 Å². The lowest BCUT2D eigenvalue weighted by Gasteiger charge is -2.28. The fourth-order valence-corrected chi connectivity index (χ4v) is 2.17. The first kappa shape index (κ1) is 15.8. The second-order valence-corrected chi connectivity index (χ2v) is 4.79. The van der Waals surface area contributed by atoms with Gasteiger partial charge in [0.2, 0.25) is 0 Å². The number of urea groups is 1. The van der Waals surface area contributed by atoms with E-state index in [0.717, 1.165) is 0 Å². The molecule has 1 atom stereocenters. The summed E-state index contributed by atoms with van der Waals surface area (Å²) in [6.45, 7) is 3.60. The summed E-state index contributed by atoms with van der Waals surface area (Å²) in [6.07, 6.45) is 3.47. The first-order chi connectivity index (χ1) is 10.5. The van der Waals surface area contributed by atoms with Crippen LogP contribution in [0.5, 0.6) is 0 Å². The molecule has 6 heteroatoms. The number of hydrogen-bond donors (Lipinski definition) is 2. The van der Waals surface area contributed by atoms with Gasteiger partial charge in [-0.1, -0.05) is 24.3 Å². The van der Waals surface area contributed by atoms with Gasteiger partial charge < -0.3 is 15.4 Å². The molecular weight excluding hydrogens is 287 g/mol. The molecule has 0 spiro atoms. The summed E-state index contributed by atoms with van der Waals surface area (Å²) in [4.78, 5) is 23.9. The molecule has 0 unspecified atom stereocenters. The summed E-state index contributed by atoms with van der Waals surface area (Å²) in [5.41, 5.74) is 1.33. The minimum absolute atomic E-state index is 0.149. The predicted octanol–water partition coefficient (Wildman–Crippen LogP) is 2.57. The van der Waals surface area contributed by atoms with Gasteiger partial charge in [0.25, 0.3) is 0 Å². The highest BCUT2D eigenvalue weighted by Crippen LogP contribution is 2.27. The minimum Gasteiger partial charge on any atom is -0.458 e. The highest BCUT2D eigenvalue weighted by atomic mass is 19.1. The van der Waals surface area contributed by atoms with Crippen molar-refractivity contribution >= 4 is 12.0 Å². The third-order valence-corrected chi connectivity index (χ3v) is 3.24. The highest BCUT2D eigenvalue weighted by Gasteiger charge is 2.32. The molecule has 0 saturated carbocycles. The van der Waals surface area contributed by atoms with Crippen LogP contribution in [0.3, 0.4) is 0 Å². The third kappa shape index (κ3) is 3.52. The molecule has 2 rings (SSSR count). The minimum atomic E-state index is -0.674. The van der Waals surface area contributed by atoms with Gasteiger partial charge in [0.1, 0.15) is 12.4 Å². The van der Waals surface area contributed by atoms with Crippen LogP contribution in [-0.4, -0.2) is 18.6 Å². The normalized spacial score (nSPS) is 18.1. The zero-order chi connectivity index (χ0) is 16.1. The van der Waals surface area contributed by atoms with E-state index in [2.05, 4.69) is 10.6 Å². The van der Waals surface area contributed by atoms with Crippen LogP contribution < -0.4 is 10.6 Å². The van der Waals surface area contributed by atoms with E-state index in [4.69, 9.17) is 4.74 Å². The molecule has 22 heavy (non-hydrogen) atoms. The molecule has 0 radical (unpaired) electrons. The Kier molecular flexibility index (Phi) is 4.93. The monoisotopic (exact) mass is 304 g/mol. The number of allylic oxidation sites excluding steroid dienone is 2. The largest absolute Gasteiger partial charge is 0.458 e.